The summed E-state index contributed by atoms with van der Waals surface area (Å²) < 4.78 is 5.59. The van der Waals surface area contributed by atoms with Gasteiger partial charge in [-0.15, -0.1) is 0 Å². The number of hydrogen-bond donors (Lipinski definition) is 0. The van der Waals surface area contributed by atoms with E-state index in [-0.39, 0.29) is 28.3 Å². The molecule has 0 aliphatic heterocycles. The number of carbonyl (C=O) groups is 2. The largest absolute Gasteiger partial charge is 0.462 e. The van der Waals surface area contributed by atoms with Gasteiger partial charge in [0.05, 0.1) is 0 Å². The Morgan fingerprint density at radius 1 is 1.03 bits per heavy atom. The van der Waals surface area contributed by atoms with Crippen LogP contribution < -0.4 is 0 Å². The van der Waals surface area contributed by atoms with Crippen LogP contribution in [0.15, 0.2) is 23.8 Å². The Morgan fingerprint density at radius 2 is 1.83 bits per heavy atom. The minimum Gasteiger partial charge on any atom is -0.462 e. The highest BCUT2D eigenvalue weighted by atomic mass is 16.5. The molecule has 5 aliphatic rings. The summed E-state index contributed by atoms with van der Waals surface area (Å²) >= 11 is 0. The summed E-state index contributed by atoms with van der Waals surface area (Å²) in [6, 6.07) is 0. The molecule has 30 heavy (non-hydrogen) atoms. The normalized spacial score (nSPS) is 49.2. The van der Waals surface area contributed by atoms with Gasteiger partial charge < -0.3 is 4.74 Å². The second-order valence-electron chi connectivity index (χ2n) is 11.6. The maximum atomic E-state index is 13.2. The molecule has 0 amide bonds. The summed E-state index contributed by atoms with van der Waals surface area (Å²) in [5.74, 6) is 2.90. The number of carbonyl (C=O) groups excluding carboxylic acids is 2. The zero-order chi connectivity index (χ0) is 21.3. The van der Waals surface area contributed by atoms with Gasteiger partial charge in [-0.25, -0.2) is 0 Å². The molecule has 0 heterocycles. The van der Waals surface area contributed by atoms with Gasteiger partial charge in [0.1, 0.15) is 11.9 Å². The molecule has 0 unspecified atom stereocenters. The molecule has 0 N–H and O–H groups in total. The van der Waals surface area contributed by atoms with Gasteiger partial charge in [-0.3, -0.25) is 9.59 Å². The first-order chi connectivity index (χ1) is 14.2. The van der Waals surface area contributed by atoms with E-state index < -0.39 is 0 Å². The van der Waals surface area contributed by atoms with Gasteiger partial charge in [-0.1, -0.05) is 37.6 Å². The summed E-state index contributed by atoms with van der Waals surface area (Å²) in [4.78, 5) is 24.6. The Kier molecular flexibility index (Phi) is 4.66. The van der Waals surface area contributed by atoms with E-state index in [2.05, 4.69) is 32.1 Å². The Bertz CT molecular complexity index is 824. The molecule has 3 heteroatoms. The minimum absolute atomic E-state index is 0.0636. The maximum Gasteiger partial charge on any atom is 0.302 e. The topological polar surface area (TPSA) is 43.4 Å². The average molecular weight is 411 g/mol. The number of esters is 1. The molecule has 3 nitrogen and oxygen atoms in total. The maximum absolute atomic E-state index is 13.2. The third-order valence-corrected chi connectivity index (χ3v) is 10.7. The van der Waals surface area contributed by atoms with E-state index in [9.17, 15) is 9.59 Å². The van der Waals surface area contributed by atoms with E-state index in [0.717, 1.165) is 38.5 Å². The lowest BCUT2D eigenvalue weighted by Crippen LogP contribution is -2.55. The summed E-state index contributed by atoms with van der Waals surface area (Å²) in [5, 5.41) is 0. The molecular formula is C27H38O3. The standard InChI is InChI=1S/C27H38O3/c1-17(28)27-12-6-5-7-20(27)16-24-22-9-8-19-15-21(30-18(2)29)10-13-25(19,3)23(22)11-14-26(24,27)4/h5-6,8,20-24H,7,9-16H2,1-4H3/t20-,21-,22-,23+,24-,25-,26-,27-/m0/s1. The Morgan fingerprint density at radius 3 is 2.57 bits per heavy atom. The van der Waals surface area contributed by atoms with Crippen LogP contribution in [0.5, 0.6) is 0 Å². The molecule has 5 aliphatic carbocycles. The van der Waals surface area contributed by atoms with Gasteiger partial charge in [-0.2, -0.15) is 0 Å². The first-order valence-corrected chi connectivity index (χ1v) is 12.2. The number of ketones is 1. The number of ether oxygens (including phenoxy) is 1. The summed E-state index contributed by atoms with van der Waals surface area (Å²) in [6.45, 7) is 8.38. The molecule has 3 saturated carbocycles. The lowest BCUT2D eigenvalue weighted by molar-refractivity contribution is -0.150. The summed E-state index contributed by atoms with van der Waals surface area (Å²) in [7, 11) is 0. The summed E-state index contributed by atoms with van der Waals surface area (Å²) in [5.41, 5.74) is 1.81. The third-order valence-electron chi connectivity index (χ3n) is 10.7. The highest BCUT2D eigenvalue weighted by Gasteiger charge is 2.68. The molecule has 0 radical (unpaired) electrons. The smallest absolute Gasteiger partial charge is 0.302 e. The number of rotatable bonds is 2. The van der Waals surface area contributed by atoms with Crippen molar-refractivity contribution in [1.82, 2.24) is 0 Å². The van der Waals surface area contributed by atoms with Crippen LogP contribution in [-0.4, -0.2) is 17.9 Å². The molecule has 0 saturated heterocycles. The van der Waals surface area contributed by atoms with Crippen molar-refractivity contribution in [1.29, 1.82) is 0 Å². The number of fused-ring (bicyclic) bond motifs is 7. The third kappa shape index (κ3) is 2.56. The number of Topliss-reactive ketones (excluding diaryl/α,β-unsaturated/α-hetero) is 1. The van der Waals surface area contributed by atoms with Crippen molar-refractivity contribution in [3.63, 3.8) is 0 Å². The van der Waals surface area contributed by atoms with Gasteiger partial charge >= 0.3 is 5.97 Å². The fourth-order valence-electron chi connectivity index (χ4n) is 9.31. The van der Waals surface area contributed by atoms with Crippen LogP contribution in [0.3, 0.4) is 0 Å². The van der Waals surface area contributed by atoms with Crippen molar-refractivity contribution in [2.24, 2.45) is 39.9 Å². The van der Waals surface area contributed by atoms with E-state index in [1.54, 1.807) is 5.57 Å². The SMILES string of the molecule is CC(=O)O[C@H]1CC[C@@]2(C)C(=CC[C@H]3[C@H]2CC[C@@]2(C)[C@H]3C[C@@H]3CC=CC[C@]32C(C)=O)C1. The fourth-order valence-corrected chi connectivity index (χ4v) is 9.31. The molecule has 3 fully saturated rings. The second kappa shape index (κ2) is 6.81. The van der Waals surface area contributed by atoms with Crippen molar-refractivity contribution >= 4 is 11.8 Å². The molecular weight excluding hydrogens is 372 g/mol. The molecule has 0 aromatic heterocycles. The van der Waals surface area contributed by atoms with Crippen molar-refractivity contribution < 1.29 is 14.3 Å². The van der Waals surface area contributed by atoms with E-state index in [0.29, 0.717) is 29.5 Å². The van der Waals surface area contributed by atoms with Crippen LogP contribution in [0.25, 0.3) is 0 Å². The fraction of sp³-hybridized carbons (Fsp3) is 0.778. The van der Waals surface area contributed by atoms with Gasteiger partial charge in [-0.05, 0) is 92.8 Å². The number of hydrogen-bond acceptors (Lipinski definition) is 3. The molecule has 0 aromatic rings. The van der Waals surface area contributed by atoms with Gasteiger partial charge in [0, 0.05) is 18.8 Å². The highest BCUT2D eigenvalue weighted by Crippen LogP contribution is 2.73. The quantitative estimate of drug-likeness (QED) is 0.412. The van der Waals surface area contributed by atoms with Crippen LogP contribution in [0.2, 0.25) is 0 Å². The lowest BCUT2D eigenvalue weighted by Gasteiger charge is -2.60. The van der Waals surface area contributed by atoms with Crippen LogP contribution in [0.1, 0.15) is 85.5 Å². The van der Waals surface area contributed by atoms with E-state index in [1.165, 1.54) is 26.2 Å². The van der Waals surface area contributed by atoms with Crippen LogP contribution in [0, 0.1) is 39.9 Å². The van der Waals surface area contributed by atoms with Gasteiger partial charge in [0.25, 0.3) is 0 Å². The predicted octanol–water partition coefficient (Wildman–Crippen LogP) is 6.03. The first kappa shape index (κ1) is 20.5. The highest BCUT2D eigenvalue weighted by molar-refractivity contribution is 5.85. The van der Waals surface area contributed by atoms with Gasteiger partial charge in [0.15, 0.2) is 0 Å². The monoisotopic (exact) mass is 410 g/mol. The van der Waals surface area contributed by atoms with Crippen LogP contribution in [0.4, 0.5) is 0 Å². The molecule has 0 spiro atoms. The van der Waals surface area contributed by atoms with E-state index in [4.69, 9.17) is 4.74 Å². The zero-order valence-corrected chi connectivity index (χ0v) is 19.2. The molecule has 5 rings (SSSR count). The Hall–Kier alpha value is -1.38. The molecule has 0 aromatic carbocycles. The molecule has 164 valence electrons. The predicted molar refractivity (Wildman–Crippen MR) is 118 cm³/mol. The second-order valence-corrected chi connectivity index (χ2v) is 11.6. The van der Waals surface area contributed by atoms with Crippen molar-refractivity contribution in [2.75, 3.05) is 0 Å². The minimum atomic E-state index is -0.150. The van der Waals surface area contributed by atoms with Crippen molar-refractivity contribution in [3.05, 3.63) is 23.8 Å². The Balaban J connectivity index is 1.47. The van der Waals surface area contributed by atoms with E-state index in [1.807, 2.05) is 6.92 Å². The lowest BCUT2D eigenvalue weighted by atomic mass is 9.44. The van der Waals surface area contributed by atoms with Crippen molar-refractivity contribution in [2.45, 2.75) is 91.6 Å². The number of allylic oxidation sites excluding steroid dienone is 3. The van der Waals surface area contributed by atoms with Crippen LogP contribution in [-0.2, 0) is 14.3 Å². The zero-order valence-electron chi connectivity index (χ0n) is 19.2. The van der Waals surface area contributed by atoms with Crippen LogP contribution >= 0.6 is 0 Å². The molecule has 8 atom stereocenters. The first-order valence-electron chi connectivity index (χ1n) is 12.2. The van der Waals surface area contributed by atoms with E-state index >= 15 is 0 Å². The van der Waals surface area contributed by atoms with Gasteiger partial charge in [0.2, 0.25) is 0 Å². The Labute approximate surface area is 181 Å². The van der Waals surface area contributed by atoms with Crippen molar-refractivity contribution in [3.8, 4) is 0 Å². The summed E-state index contributed by atoms with van der Waals surface area (Å²) in [6.07, 6.45) is 17.1. The molecule has 0 bridgehead atoms. The average Bonchev–Trinajstić information content (AvgIpc) is 2.98.